The Labute approximate surface area is 232 Å². The van der Waals surface area contributed by atoms with E-state index in [-0.39, 0.29) is 12.4 Å². The van der Waals surface area contributed by atoms with Crippen LogP contribution >= 0.6 is 7.60 Å². The topological polar surface area (TPSA) is 260 Å². The molecule has 20 heteroatoms. The molecular formula is C21H30N5O14P. The third-order valence-corrected chi connectivity index (χ3v) is 5.58. The minimum absolute atomic E-state index is 0.236. The van der Waals surface area contributed by atoms with Crippen LogP contribution in [0.2, 0.25) is 0 Å². The van der Waals surface area contributed by atoms with Gasteiger partial charge < -0.3 is 44.2 Å². The van der Waals surface area contributed by atoms with Crippen molar-refractivity contribution in [3.63, 3.8) is 0 Å². The third-order valence-electron chi connectivity index (χ3n) is 4.12. The van der Waals surface area contributed by atoms with Gasteiger partial charge in [-0.1, -0.05) is 0 Å². The smallest absolute Gasteiger partial charge is 0.478 e. The highest BCUT2D eigenvalue weighted by molar-refractivity contribution is 7.53. The Balaban J connectivity index is 0.000000915. The number of hydrogen-bond donors (Lipinski definition) is 3. The molecular weight excluding hydrogens is 577 g/mol. The fourth-order valence-corrected chi connectivity index (χ4v) is 3.52. The number of carboxylic acids is 2. The largest absolute Gasteiger partial charge is 0.510 e. The minimum Gasteiger partial charge on any atom is -0.478 e. The van der Waals surface area contributed by atoms with Gasteiger partial charge in [0.1, 0.15) is 18.2 Å². The number of aromatic nitrogens is 4. The summed E-state index contributed by atoms with van der Waals surface area (Å²) in [5, 5.41) is 15.6. The first-order valence-electron chi connectivity index (χ1n) is 11.4. The van der Waals surface area contributed by atoms with Crippen LogP contribution in [0.15, 0.2) is 24.8 Å². The second-order valence-corrected chi connectivity index (χ2v) is 9.70. The van der Waals surface area contributed by atoms with Gasteiger partial charge in [-0.2, -0.15) is 0 Å². The van der Waals surface area contributed by atoms with E-state index in [0.29, 0.717) is 23.3 Å². The van der Waals surface area contributed by atoms with E-state index in [1.165, 1.54) is 12.7 Å². The predicted molar refractivity (Wildman–Crippen MR) is 135 cm³/mol. The number of carbonyl (C=O) groups is 4. The van der Waals surface area contributed by atoms with Crippen LogP contribution in [-0.2, 0) is 53.4 Å². The first kappa shape index (κ1) is 34.7. The van der Waals surface area contributed by atoms with Gasteiger partial charge in [0.25, 0.3) is 0 Å². The number of ether oxygens (including phenoxy) is 5. The summed E-state index contributed by atoms with van der Waals surface area (Å²) in [6.07, 6.45) is 0.371. The number of nitrogen functional groups attached to an aromatic ring is 1. The number of methoxy groups -OCH3 is 1. The number of nitrogens with two attached hydrogens (primary N) is 1. The summed E-state index contributed by atoms with van der Waals surface area (Å²) in [5.74, 6) is -2.28. The molecule has 2 rings (SSSR count). The molecule has 0 amide bonds. The average Bonchev–Trinajstić information content (AvgIpc) is 3.30. The molecule has 4 N–H and O–H groups in total. The van der Waals surface area contributed by atoms with Crippen molar-refractivity contribution in [1.82, 2.24) is 19.5 Å². The third kappa shape index (κ3) is 14.0. The summed E-state index contributed by atoms with van der Waals surface area (Å²) in [4.78, 5) is 53.8. The molecule has 0 aliphatic rings. The first-order valence-corrected chi connectivity index (χ1v) is 13.1. The maximum Gasteiger partial charge on any atom is 0.510 e. The lowest BCUT2D eigenvalue weighted by Gasteiger charge is -2.21. The highest BCUT2D eigenvalue weighted by Gasteiger charge is 2.28. The van der Waals surface area contributed by atoms with E-state index >= 15 is 0 Å². The fraction of sp³-hybridized carbons (Fsp3) is 0.476. The van der Waals surface area contributed by atoms with Crippen LogP contribution in [-0.4, -0.2) is 93.2 Å². The molecule has 0 saturated carbocycles. The lowest BCUT2D eigenvalue weighted by Crippen LogP contribution is -2.20. The lowest BCUT2D eigenvalue weighted by atomic mass is 10.4. The normalized spacial score (nSPS) is 13.1. The summed E-state index contributed by atoms with van der Waals surface area (Å²) in [5.41, 5.74) is 6.71. The molecule has 0 aliphatic carbocycles. The molecule has 19 nitrogen and oxygen atoms in total. The van der Waals surface area contributed by atoms with Crippen LogP contribution in [0.3, 0.4) is 0 Å². The molecule has 0 spiro atoms. The summed E-state index contributed by atoms with van der Waals surface area (Å²) in [6.45, 7) is 3.71. The van der Waals surface area contributed by atoms with Crippen LogP contribution in [0.25, 0.3) is 11.2 Å². The Morgan fingerprint density at radius 1 is 1.00 bits per heavy atom. The van der Waals surface area contributed by atoms with Gasteiger partial charge in [0.15, 0.2) is 11.5 Å². The van der Waals surface area contributed by atoms with E-state index in [2.05, 4.69) is 29.2 Å². The number of fused-ring (bicyclic) bond motifs is 1. The fourth-order valence-electron chi connectivity index (χ4n) is 2.43. The minimum atomic E-state index is -4.03. The van der Waals surface area contributed by atoms with E-state index in [1.807, 2.05) is 0 Å². The van der Waals surface area contributed by atoms with Crippen LogP contribution in [0.1, 0.15) is 20.8 Å². The Bertz CT molecular complexity index is 1230. The molecule has 2 heterocycles. The molecule has 0 aromatic carbocycles. The van der Waals surface area contributed by atoms with E-state index < -0.39 is 64.0 Å². The number of aliphatic carboxylic acids is 2. The molecule has 0 saturated heterocycles. The number of carboxylic acid groups (broad SMARTS) is 2. The van der Waals surface area contributed by atoms with Crippen molar-refractivity contribution in [2.24, 2.45) is 0 Å². The molecule has 0 bridgehead atoms. The van der Waals surface area contributed by atoms with Gasteiger partial charge in [-0.3, -0.25) is 13.6 Å². The number of carbonyl (C=O) groups excluding carboxylic acids is 2. The molecule has 2 aromatic heterocycles. The SMILES string of the molecule is COC(=O)OCOP(=O)(CO[C@H](C)Cn1cnc2c(N)ncnc21)OCOC(=O)OC(C)C.O=C(O)/C=C/C(=O)O. The van der Waals surface area contributed by atoms with Crippen molar-refractivity contribution in [3.8, 4) is 0 Å². The van der Waals surface area contributed by atoms with Gasteiger partial charge >= 0.3 is 31.8 Å². The summed E-state index contributed by atoms with van der Waals surface area (Å²) in [7, 11) is -2.94. The second-order valence-electron chi connectivity index (χ2n) is 7.71. The van der Waals surface area contributed by atoms with Crippen molar-refractivity contribution >= 4 is 48.8 Å². The highest BCUT2D eigenvalue weighted by Crippen LogP contribution is 2.48. The Morgan fingerprint density at radius 3 is 2.12 bits per heavy atom. The van der Waals surface area contributed by atoms with Crippen LogP contribution in [0.4, 0.5) is 15.4 Å². The van der Waals surface area contributed by atoms with Crippen LogP contribution in [0, 0.1) is 0 Å². The first-order chi connectivity index (χ1) is 19.3. The Kier molecular flexibility index (Phi) is 14.7. The Hall–Kier alpha value is -4.32. The molecule has 0 fully saturated rings. The molecule has 2 atom stereocenters. The van der Waals surface area contributed by atoms with Gasteiger partial charge in [-0.25, -0.2) is 34.1 Å². The van der Waals surface area contributed by atoms with Gasteiger partial charge in [0.05, 0.1) is 32.2 Å². The zero-order valence-electron chi connectivity index (χ0n) is 22.4. The molecule has 41 heavy (non-hydrogen) atoms. The maximum absolute atomic E-state index is 13.0. The monoisotopic (exact) mass is 607 g/mol. The van der Waals surface area contributed by atoms with E-state index in [9.17, 15) is 23.7 Å². The van der Waals surface area contributed by atoms with Gasteiger partial charge in [0, 0.05) is 12.2 Å². The van der Waals surface area contributed by atoms with Crippen molar-refractivity contribution in [1.29, 1.82) is 0 Å². The van der Waals surface area contributed by atoms with Crippen molar-refractivity contribution in [3.05, 3.63) is 24.8 Å². The zero-order valence-corrected chi connectivity index (χ0v) is 23.3. The number of rotatable bonds is 14. The van der Waals surface area contributed by atoms with Crippen LogP contribution < -0.4 is 5.73 Å². The van der Waals surface area contributed by atoms with Crippen LogP contribution in [0.5, 0.6) is 0 Å². The lowest BCUT2D eigenvalue weighted by molar-refractivity contribution is -0.134. The molecule has 1 unspecified atom stereocenters. The summed E-state index contributed by atoms with van der Waals surface area (Å²) in [6, 6.07) is 0. The highest BCUT2D eigenvalue weighted by atomic mass is 31.2. The molecule has 2 aromatic rings. The quantitative estimate of drug-likeness (QED) is 0.120. The van der Waals surface area contributed by atoms with Crippen molar-refractivity contribution < 1.29 is 66.7 Å². The maximum atomic E-state index is 13.0. The van der Waals surface area contributed by atoms with E-state index in [1.54, 1.807) is 25.3 Å². The van der Waals surface area contributed by atoms with Crippen molar-refractivity contribution in [2.75, 3.05) is 32.8 Å². The number of hydrogen-bond acceptors (Lipinski definition) is 16. The zero-order chi connectivity index (χ0) is 31.0. The van der Waals surface area contributed by atoms with Gasteiger partial charge in [-0.05, 0) is 20.8 Å². The van der Waals surface area contributed by atoms with E-state index in [0.717, 1.165) is 7.11 Å². The molecule has 228 valence electrons. The number of anilines is 1. The molecule has 0 aliphatic heterocycles. The van der Waals surface area contributed by atoms with Gasteiger partial charge in [0.2, 0.25) is 13.6 Å². The number of imidazole rings is 1. The average molecular weight is 607 g/mol. The second kappa shape index (κ2) is 17.4. The predicted octanol–water partition coefficient (Wildman–Crippen LogP) is 1.97. The standard InChI is InChI=1S/C17H26N5O10P.C4H4O4/c1-11(2)32-17(24)28-9-31-33(25,30-8-27-16(23)26-4)10-29-12(3)5-22-7-21-13-14(18)19-6-20-15(13)22;5-3(6)1-2-4(7)8/h6-7,11-12H,5,8-10H2,1-4H3,(H2,18,19,20);1-2H,(H,5,6)(H,7,8)/b;2-1+/t12-,33?;/m1./s1. The van der Waals surface area contributed by atoms with Gasteiger partial charge in [-0.15, -0.1) is 0 Å². The summed E-state index contributed by atoms with van der Waals surface area (Å²) >= 11 is 0. The molecule has 0 radical (unpaired) electrons. The van der Waals surface area contributed by atoms with E-state index in [4.69, 9.17) is 34.5 Å². The summed E-state index contributed by atoms with van der Waals surface area (Å²) < 4.78 is 48.6. The van der Waals surface area contributed by atoms with Crippen molar-refractivity contribution in [2.45, 2.75) is 39.5 Å². The Morgan fingerprint density at radius 2 is 1.59 bits per heavy atom. The number of nitrogens with zero attached hydrogens (tertiary/aromatic N) is 4.